The quantitative estimate of drug-likeness (QED) is 0.535. The highest BCUT2D eigenvalue weighted by molar-refractivity contribution is 5.85. The first kappa shape index (κ1) is 10.7. The molecule has 0 aromatic carbocycles. The molecular formula is C6H13ClN2O2. The van der Waals surface area contributed by atoms with Crippen LogP contribution in [0.3, 0.4) is 0 Å². The van der Waals surface area contributed by atoms with Crippen LogP contribution in [-0.4, -0.2) is 48.7 Å². The number of halogens is 1. The summed E-state index contributed by atoms with van der Waals surface area (Å²) in [5.74, 6) is -0.165. The van der Waals surface area contributed by atoms with Gasteiger partial charge >= 0.3 is 0 Å². The zero-order chi connectivity index (χ0) is 7.40. The van der Waals surface area contributed by atoms with E-state index < -0.39 is 0 Å². The molecule has 11 heavy (non-hydrogen) atoms. The van der Waals surface area contributed by atoms with E-state index in [0.29, 0.717) is 0 Å². The molecule has 0 unspecified atom stereocenters. The molecule has 0 saturated carbocycles. The van der Waals surface area contributed by atoms with Gasteiger partial charge in [-0.1, -0.05) is 0 Å². The maximum Gasteiger partial charge on any atom is 0.248 e. The maximum atomic E-state index is 10.8. The molecule has 1 aliphatic rings. The van der Waals surface area contributed by atoms with E-state index in [9.17, 15) is 4.79 Å². The van der Waals surface area contributed by atoms with Gasteiger partial charge in [0.15, 0.2) is 0 Å². The van der Waals surface area contributed by atoms with Gasteiger partial charge < -0.3 is 15.3 Å². The second kappa shape index (κ2) is 5.35. The number of aliphatic hydroxyl groups excluding tert-OH is 1. The topological polar surface area (TPSA) is 52.6 Å². The average molecular weight is 181 g/mol. The van der Waals surface area contributed by atoms with Gasteiger partial charge in [0.05, 0.1) is 0 Å². The highest BCUT2D eigenvalue weighted by Gasteiger charge is 2.13. The van der Waals surface area contributed by atoms with Crippen molar-refractivity contribution in [2.75, 3.05) is 32.8 Å². The molecule has 1 amide bonds. The van der Waals surface area contributed by atoms with Crippen LogP contribution in [0.4, 0.5) is 0 Å². The molecule has 0 atom stereocenters. The van der Waals surface area contributed by atoms with Gasteiger partial charge in [0, 0.05) is 26.2 Å². The molecule has 0 aromatic rings. The van der Waals surface area contributed by atoms with Crippen molar-refractivity contribution in [3.8, 4) is 0 Å². The molecule has 1 aliphatic heterocycles. The number of carbonyl (C=O) groups is 1. The van der Waals surface area contributed by atoms with Crippen LogP contribution in [0.15, 0.2) is 0 Å². The molecule has 2 N–H and O–H groups in total. The van der Waals surface area contributed by atoms with Crippen molar-refractivity contribution < 1.29 is 9.90 Å². The van der Waals surface area contributed by atoms with E-state index >= 15 is 0 Å². The Morgan fingerprint density at radius 2 is 2.00 bits per heavy atom. The molecule has 5 heteroatoms. The number of amides is 1. The van der Waals surface area contributed by atoms with Gasteiger partial charge in [-0.3, -0.25) is 4.79 Å². The van der Waals surface area contributed by atoms with E-state index in [2.05, 4.69) is 5.32 Å². The monoisotopic (exact) mass is 180 g/mol. The van der Waals surface area contributed by atoms with Gasteiger partial charge in [0.25, 0.3) is 0 Å². The SMILES string of the molecule is Cl.O=C(CO)N1CCNCC1. The molecule has 1 saturated heterocycles. The molecule has 66 valence electrons. The van der Waals surface area contributed by atoms with Crippen molar-refractivity contribution in [3.05, 3.63) is 0 Å². The Balaban J connectivity index is 0.000001000. The Bertz CT molecular complexity index is 126. The van der Waals surface area contributed by atoms with E-state index in [1.807, 2.05) is 0 Å². The summed E-state index contributed by atoms with van der Waals surface area (Å²) >= 11 is 0. The Labute approximate surface area is 72.0 Å². The number of nitrogens with one attached hydrogen (secondary N) is 1. The Hall–Kier alpha value is -0.320. The molecule has 0 bridgehead atoms. The van der Waals surface area contributed by atoms with Gasteiger partial charge in [-0.25, -0.2) is 0 Å². The summed E-state index contributed by atoms with van der Waals surface area (Å²) in [6, 6.07) is 0. The molecule has 4 nitrogen and oxygen atoms in total. The number of hydrogen-bond donors (Lipinski definition) is 2. The van der Waals surface area contributed by atoms with Gasteiger partial charge in [-0.2, -0.15) is 0 Å². The van der Waals surface area contributed by atoms with Crippen molar-refractivity contribution >= 4 is 18.3 Å². The molecule has 0 spiro atoms. The van der Waals surface area contributed by atoms with E-state index in [-0.39, 0.29) is 24.9 Å². The first-order valence-corrected chi connectivity index (χ1v) is 3.44. The first-order chi connectivity index (χ1) is 4.84. The lowest BCUT2D eigenvalue weighted by Gasteiger charge is -2.26. The van der Waals surface area contributed by atoms with E-state index in [1.165, 1.54) is 0 Å². The number of aliphatic hydroxyl groups is 1. The highest BCUT2D eigenvalue weighted by Crippen LogP contribution is 1.91. The summed E-state index contributed by atoms with van der Waals surface area (Å²) in [4.78, 5) is 12.5. The summed E-state index contributed by atoms with van der Waals surface area (Å²) in [7, 11) is 0. The molecular weight excluding hydrogens is 168 g/mol. The highest BCUT2D eigenvalue weighted by atomic mass is 35.5. The first-order valence-electron chi connectivity index (χ1n) is 3.44. The standard InChI is InChI=1S/C6H12N2O2.ClH/c9-5-6(10)8-3-1-7-2-4-8;/h7,9H,1-5H2;1H. The fourth-order valence-electron chi connectivity index (χ4n) is 1.01. The number of piperazine rings is 1. The van der Waals surface area contributed by atoms with Crippen molar-refractivity contribution in [1.82, 2.24) is 10.2 Å². The van der Waals surface area contributed by atoms with E-state index in [1.54, 1.807) is 4.90 Å². The van der Waals surface area contributed by atoms with Crippen molar-refractivity contribution in [1.29, 1.82) is 0 Å². The number of carbonyl (C=O) groups excluding carboxylic acids is 1. The fraction of sp³-hybridized carbons (Fsp3) is 0.833. The minimum atomic E-state index is -0.361. The third kappa shape index (κ3) is 3.05. The van der Waals surface area contributed by atoms with Gasteiger partial charge in [0.1, 0.15) is 6.61 Å². The lowest BCUT2D eigenvalue weighted by molar-refractivity contribution is -0.134. The number of rotatable bonds is 1. The van der Waals surface area contributed by atoms with Crippen LogP contribution in [0, 0.1) is 0 Å². The maximum absolute atomic E-state index is 10.8. The lowest BCUT2D eigenvalue weighted by Crippen LogP contribution is -2.47. The zero-order valence-electron chi connectivity index (χ0n) is 6.25. The fourth-order valence-corrected chi connectivity index (χ4v) is 1.01. The minimum Gasteiger partial charge on any atom is -0.387 e. The van der Waals surface area contributed by atoms with Crippen LogP contribution < -0.4 is 5.32 Å². The summed E-state index contributed by atoms with van der Waals surface area (Å²) in [6.07, 6.45) is 0. The van der Waals surface area contributed by atoms with E-state index in [4.69, 9.17) is 5.11 Å². The number of hydrogen-bond acceptors (Lipinski definition) is 3. The summed E-state index contributed by atoms with van der Waals surface area (Å²) in [5, 5.41) is 11.6. The van der Waals surface area contributed by atoms with Gasteiger partial charge in [0.2, 0.25) is 5.91 Å². The van der Waals surface area contributed by atoms with Crippen LogP contribution in [0.2, 0.25) is 0 Å². The molecule has 0 radical (unpaired) electrons. The van der Waals surface area contributed by atoms with Crippen LogP contribution in [0.5, 0.6) is 0 Å². The normalized spacial score (nSPS) is 17.4. The van der Waals surface area contributed by atoms with Crippen LogP contribution >= 0.6 is 12.4 Å². The lowest BCUT2D eigenvalue weighted by atomic mass is 10.3. The minimum absolute atomic E-state index is 0. The molecule has 1 rings (SSSR count). The summed E-state index contributed by atoms with van der Waals surface area (Å²) in [5.41, 5.74) is 0. The average Bonchev–Trinajstić information content (AvgIpc) is 2.05. The third-order valence-electron chi connectivity index (χ3n) is 1.60. The number of nitrogens with zero attached hydrogens (tertiary/aromatic N) is 1. The van der Waals surface area contributed by atoms with E-state index in [0.717, 1.165) is 26.2 Å². The summed E-state index contributed by atoms with van der Waals surface area (Å²) < 4.78 is 0. The molecule has 1 heterocycles. The third-order valence-corrected chi connectivity index (χ3v) is 1.60. The zero-order valence-corrected chi connectivity index (χ0v) is 7.06. The van der Waals surface area contributed by atoms with Crippen LogP contribution in [-0.2, 0) is 4.79 Å². The smallest absolute Gasteiger partial charge is 0.248 e. The largest absolute Gasteiger partial charge is 0.387 e. The predicted octanol–water partition coefficient (Wildman–Crippen LogP) is -1.17. The second-order valence-electron chi connectivity index (χ2n) is 2.29. The van der Waals surface area contributed by atoms with Crippen molar-refractivity contribution in [2.24, 2.45) is 0 Å². The molecule has 1 fully saturated rings. The predicted molar refractivity (Wildman–Crippen MR) is 43.8 cm³/mol. The van der Waals surface area contributed by atoms with Crippen LogP contribution in [0.25, 0.3) is 0 Å². The second-order valence-corrected chi connectivity index (χ2v) is 2.29. The van der Waals surface area contributed by atoms with Crippen LogP contribution in [0.1, 0.15) is 0 Å². The summed E-state index contributed by atoms with van der Waals surface area (Å²) in [6.45, 7) is 2.76. The molecule has 0 aliphatic carbocycles. The Morgan fingerprint density at radius 3 is 2.45 bits per heavy atom. The van der Waals surface area contributed by atoms with Crippen molar-refractivity contribution in [3.63, 3.8) is 0 Å². The Kier molecular flexibility index (Phi) is 5.19. The molecule has 0 aromatic heterocycles. The van der Waals surface area contributed by atoms with Crippen molar-refractivity contribution in [2.45, 2.75) is 0 Å². The van der Waals surface area contributed by atoms with Gasteiger partial charge in [-0.15, -0.1) is 12.4 Å². The Morgan fingerprint density at radius 1 is 1.45 bits per heavy atom. The van der Waals surface area contributed by atoms with Gasteiger partial charge in [-0.05, 0) is 0 Å².